The van der Waals surface area contributed by atoms with Crippen molar-refractivity contribution in [3.8, 4) is 44.6 Å². The van der Waals surface area contributed by atoms with E-state index in [1.165, 1.54) is 16.2 Å². The van der Waals surface area contributed by atoms with Gasteiger partial charge < -0.3 is 0 Å². The highest BCUT2D eigenvalue weighted by atomic mass is 14.7. The van der Waals surface area contributed by atoms with Crippen molar-refractivity contribution >= 4 is 43.4 Å². The van der Waals surface area contributed by atoms with Crippen LogP contribution in [-0.4, -0.2) is 19.9 Å². The highest BCUT2D eigenvalue weighted by Gasteiger charge is 2.16. The quantitative estimate of drug-likeness (QED) is 0.193. The van der Waals surface area contributed by atoms with Gasteiger partial charge >= 0.3 is 0 Å². The van der Waals surface area contributed by atoms with Gasteiger partial charge in [0, 0.05) is 69.2 Å². The van der Waals surface area contributed by atoms with Crippen LogP contribution in [0.5, 0.6) is 0 Å². The van der Waals surface area contributed by atoms with Crippen LogP contribution in [0, 0.1) is 0 Å². The van der Waals surface area contributed by atoms with Gasteiger partial charge in [-0.15, -0.1) is 0 Å². The first-order valence-corrected chi connectivity index (χ1v) is 15.4. The highest BCUT2D eigenvalue weighted by molar-refractivity contribution is 6.28. The molecule has 214 valence electrons. The molecule has 0 amide bonds. The third-order valence-corrected chi connectivity index (χ3v) is 8.82. The summed E-state index contributed by atoms with van der Waals surface area (Å²) >= 11 is 0. The fourth-order valence-corrected chi connectivity index (χ4v) is 6.66. The molecule has 0 spiro atoms. The molecule has 9 aromatic rings. The maximum absolute atomic E-state index is 5.37. The van der Waals surface area contributed by atoms with Crippen LogP contribution in [0.15, 0.2) is 158 Å². The van der Waals surface area contributed by atoms with E-state index in [2.05, 4.69) is 119 Å². The summed E-state index contributed by atoms with van der Waals surface area (Å²) < 4.78 is 0. The van der Waals surface area contributed by atoms with Crippen molar-refractivity contribution in [2.45, 2.75) is 0 Å². The molecule has 0 aliphatic carbocycles. The van der Waals surface area contributed by atoms with Crippen molar-refractivity contribution in [2.24, 2.45) is 0 Å². The molecule has 0 saturated carbocycles. The maximum Gasteiger partial charge on any atom is 0.0788 e. The Morgan fingerprint density at radius 2 is 1.00 bits per heavy atom. The lowest BCUT2D eigenvalue weighted by Crippen LogP contribution is -1.93. The van der Waals surface area contributed by atoms with Crippen molar-refractivity contribution in [1.82, 2.24) is 19.9 Å². The first kappa shape index (κ1) is 26.2. The maximum atomic E-state index is 5.37. The molecule has 0 N–H and O–H groups in total. The average molecular weight is 587 g/mol. The normalized spacial score (nSPS) is 11.5. The minimum Gasteiger partial charge on any atom is -0.264 e. The smallest absolute Gasteiger partial charge is 0.0788 e. The van der Waals surface area contributed by atoms with Gasteiger partial charge in [-0.25, -0.2) is 4.98 Å². The fourth-order valence-electron chi connectivity index (χ4n) is 6.66. The molecule has 0 fully saturated rings. The van der Waals surface area contributed by atoms with E-state index in [4.69, 9.17) is 9.97 Å². The molecule has 5 aromatic carbocycles. The van der Waals surface area contributed by atoms with Crippen LogP contribution in [0.1, 0.15) is 0 Å². The molecule has 0 radical (unpaired) electrons. The Kier molecular flexibility index (Phi) is 6.10. The SMILES string of the molecule is c1ccc(-c2nc3cc(-c4cc(-c5cccnc5)cc(-c5cccnc5)c4)ccc3c3c2ccc2ccc4ncccc4c23)cc1. The third-order valence-electron chi connectivity index (χ3n) is 8.82. The van der Waals surface area contributed by atoms with E-state index in [1.807, 2.05) is 49.2 Å². The van der Waals surface area contributed by atoms with E-state index in [9.17, 15) is 0 Å². The molecule has 4 aromatic heterocycles. The Hall–Kier alpha value is -6.26. The van der Waals surface area contributed by atoms with Crippen molar-refractivity contribution < 1.29 is 0 Å². The van der Waals surface area contributed by atoms with Gasteiger partial charge in [0.15, 0.2) is 0 Å². The Morgan fingerprint density at radius 3 is 1.72 bits per heavy atom. The Balaban J connectivity index is 1.35. The molecule has 0 aliphatic heterocycles. The van der Waals surface area contributed by atoms with Gasteiger partial charge in [-0.05, 0) is 81.6 Å². The molecule has 0 bridgehead atoms. The van der Waals surface area contributed by atoms with Gasteiger partial charge in [-0.1, -0.05) is 78.9 Å². The van der Waals surface area contributed by atoms with Crippen LogP contribution in [0.25, 0.3) is 88.0 Å². The zero-order chi connectivity index (χ0) is 30.5. The number of rotatable bonds is 4. The molecule has 0 aliphatic rings. The lowest BCUT2D eigenvalue weighted by molar-refractivity contribution is 1.32. The molecule has 0 unspecified atom stereocenters. The van der Waals surface area contributed by atoms with Crippen molar-refractivity contribution in [3.63, 3.8) is 0 Å². The lowest BCUT2D eigenvalue weighted by atomic mass is 9.91. The van der Waals surface area contributed by atoms with Gasteiger partial charge in [0.2, 0.25) is 0 Å². The summed E-state index contributed by atoms with van der Waals surface area (Å²) in [7, 11) is 0. The monoisotopic (exact) mass is 586 g/mol. The van der Waals surface area contributed by atoms with Crippen molar-refractivity contribution in [3.05, 3.63) is 158 Å². The van der Waals surface area contributed by atoms with Crippen LogP contribution in [0.3, 0.4) is 0 Å². The lowest BCUT2D eigenvalue weighted by Gasteiger charge is -2.15. The third kappa shape index (κ3) is 4.39. The molecule has 0 saturated heterocycles. The summed E-state index contributed by atoms with van der Waals surface area (Å²) in [6.45, 7) is 0. The second-order valence-corrected chi connectivity index (χ2v) is 11.6. The van der Waals surface area contributed by atoms with Gasteiger partial charge in [0.1, 0.15) is 0 Å². The topological polar surface area (TPSA) is 51.6 Å². The van der Waals surface area contributed by atoms with Crippen LogP contribution in [0.4, 0.5) is 0 Å². The van der Waals surface area contributed by atoms with Crippen LogP contribution >= 0.6 is 0 Å². The van der Waals surface area contributed by atoms with E-state index in [-0.39, 0.29) is 0 Å². The average Bonchev–Trinajstić information content (AvgIpc) is 3.14. The zero-order valence-corrected chi connectivity index (χ0v) is 24.8. The van der Waals surface area contributed by atoms with E-state index >= 15 is 0 Å². The summed E-state index contributed by atoms with van der Waals surface area (Å²) in [5.74, 6) is 0. The Bertz CT molecular complexity index is 2510. The Morgan fingerprint density at radius 1 is 0.370 bits per heavy atom. The highest BCUT2D eigenvalue weighted by Crippen LogP contribution is 2.41. The van der Waals surface area contributed by atoms with E-state index in [0.29, 0.717) is 0 Å². The number of pyridine rings is 4. The molecule has 4 heterocycles. The van der Waals surface area contributed by atoms with E-state index in [1.54, 1.807) is 0 Å². The second kappa shape index (κ2) is 10.7. The summed E-state index contributed by atoms with van der Waals surface area (Å²) in [6.07, 6.45) is 9.30. The molecule has 9 rings (SSSR count). The van der Waals surface area contributed by atoms with E-state index in [0.717, 1.165) is 71.8 Å². The van der Waals surface area contributed by atoms with Crippen molar-refractivity contribution in [2.75, 3.05) is 0 Å². The number of hydrogen-bond acceptors (Lipinski definition) is 4. The van der Waals surface area contributed by atoms with Gasteiger partial charge in [-0.2, -0.15) is 0 Å². The zero-order valence-electron chi connectivity index (χ0n) is 24.8. The van der Waals surface area contributed by atoms with Gasteiger partial charge in [0.25, 0.3) is 0 Å². The summed E-state index contributed by atoms with van der Waals surface area (Å²) in [4.78, 5) is 18.9. The number of hydrogen-bond donors (Lipinski definition) is 0. The standard InChI is InChI=1S/C42H26N4/c1-2-7-28(8-3-1)42-37-16-12-27-14-17-38-35(11-6-20-45-38)40(27)41(37)36-15-13-29(24-39(36)46-42)32-21-33(30-9-4-18-43-25-30)23-34(22-32)31-10-5-19-44-26-31/h1-26H. The molecule has 0 atom stereocenters. The largest absolute Gasteiger partial charge is 0.264 e. The summed E-state index contributed by atoms with van der Waals surface area (Å²) in [5, 5.41) is 6.99. The van der Waals surface area contributed by atoms with Crippen LogP contribution in [0.2, 0.25) is 0 Å². The summed E-state index contributed by atoms with van der Waals surface area (Å²) in [6, 6.07) is 45.0. The van der Waals surface area contributed by atoms with Gasteiger partial charge in [-0.3, -0.25) is 15.0 Å². The Labute approximate surface area is 265 Å². The molecule has 4 heteroatoms. The number of nitrogens with zero attached hydrogens (tertiary/aromatic N) is 4. The fraction of sp³-hybridized carbons (Fsp3) is 0. The van der Waals surface area contributed by atoms with Gasteiger partial charge in [0.05, 0.1) is 16.7 Å². The molecule has 4 nitrogen and oxygen atoms in total. The molecular formula is C42H26N4. The summed E-state index contributed by atoms with van der Waals surface area (Å²) in [5.41, 5.74) is 10.6. The first-order chi connectivity index (χ1) is 22.8. The number of fused-ring (bicyclic) bond motifs is 7. The first-order valence-electron chi connectivity index (χ1n) is 15.4. The predicted octanol–water partition coefficient (Wildman–Crippen LogP) is 10.5. The molecular weight excluding hydrogens is 560 g/mol. The van der Waals surface area contributed by atoms with Crippen LogP contribution in [-0.2, 0) is 0 Å². The van der Waals surface area contributed by atoms with Crippen LogP contribution < -0.4 is 0 Å². The number of aromatic nitrogens is 4. The second-order valence-electron chi connectivity index (χ2n) is 11.6. The molecule has 46 heavy (non-hydrogen) atoms. The van der Waals surface area contributed by atoms with E-state index < -0.39 is 0 Å². The van der Waals surface area contributed by atoms with Crippen molar-refractivity contribution in [1.29, 1.82) is 0 Å². The minimum atomic E-state index is 0.951. The minimum absolute atomic E-state index is 0.951. The predicted molar refractivity (Wildman–Crippen MR) is 189 cm³/mol. The number of benzene rings is 5.